The van der Waals surface area contributed by atoms with Crippen molar-refractivity contribution in [3.8, 4) is 5.75 Å². The molecule has 146 valence electrons. The lowest BCUT2D eigenvalue weighted by atomic mass is 9.70. The van der Waals surface area contributed by atoms with E-state index in [0.717, 1.165) is 35.1 Å². The van der Waals surface area contributed by atoms with Crippen molar-refractivity contribution in [1.29, 1.82) is 0 Å². The Kier molecular flexibility index (Phi) is 7.46. The SMILES string of the molecule is CCOC(=O)C=C(C)C=CC=C(C)c1ccc(O)c(C2(C)CCCCC2)c1. The average Bonchev–Trinajstić information content (AvgIpc) is 2.62. The van der Waals surface area contributed by atoms with Crippen LogP contribution in [0, 0.1) is 0 Å². The number of ether oxygens (including phenoxy) is 1. The second-order valence-electron chi connectivity index (χ2n) is 7.70. The summed E-state index contributed by atoms with van der Waals surface area (Å²) in [5.41, 5.74) is 4.21. The molecule has 3 nitrogen and oxygen atoms in total. The number of hydrogen-bond acceptors (Lipinski definition) is 3. The summed E-state index contributed by atoms with van der Waals surface area (Å²) in [5, 5.41) is 10.4. The summed E-state index contributed by atoms with van der Waals surface area (Å²) in [6.45, 7) is 8.39. The Labute approximate surface area is 163 Å². The van der Waals surface area contributed by atoms with E-state index in [9.17, 15) is 9.90 Å². The lowest BCUT2D eigenvalue weighted by molar-refractivity contribution is -0.137. The van der Waals surface area contributed by atoms with Gasteiger partial charge in [-0.2, -0.15) is 0 Å². The molecule has 0 saturated heterocycles. The molecule has 1 aliphatic rings. The van der Waals surface area contributed by atoms with Gasteiger partial charge in [0.1, 0.15) is 5.75 Å². The molecule has 0 unspecified atom stereocenters. The van der Waals surface area contributed by atoms with Crippen LogP contribution >= 0.6 is 0 Å². The molecule has 0 spiro atoms. The first-order valence-corrected chi connectivity index (χ1v) is 9.89. The van der Waals surface area contributed by atoms with Gasteiger partial charge in [0.25, 0.3) is 0 Å². The molecule has 27 heavy (non-hydrogen) atoms. The number of allylic oxidation sites excluding steroid dienone is 5. The van der Waals surface area contributed by atoms with Crippen LogP contribution in [-0.2, 0) is 14.9 Å². The fourth-order valence-electron chi connectivity index (χ4n) is 3.72. The smallest absolute Gasteiger partial charge is 0.330 e. The van der Waals surface area contributed by atoms with E-state index >= 15 is 0 Å². The molecule has 0 bridgehead atoms. The minimum Gasteiger partial charge on any atom is -0.508 e. The van der Waals surface area contributed by atoms with Crippen LogP contribution in [0.3, 0.4) is 0 Å². The van der Waals surface area contributed by atoms with Gasteiger partial charge in [-0.05, 0) is 67.9 Å². The van der Waals surface area contributed by atoms with Crippen LogP contribution in [0.15, 0.2) is 48.1 Å². The van der Waals surface area contributed by atoms with Crippen molar-refractivity contribution in [2.75, 3.05) is 6.61 Å². The Hall–Kier alpha value is -2.29. The highest BCUT2D eigenvalue weighted by Crippen LogP contribution is 2.43. The van der Waals surface area contributed by atoms with Gasteiger partial charge in [-0.15, -0.1) is 0 Å². The topological polar surface area (TPSA) is 46.5 Å². The standard InChI is InChI=1S/C24H32O3/c1-5-27-23(26)16-18(2)10-9-11-19(3)20-12-13-22(25)21(17-20)24(4)14-7-6-8-15-24/h9-13,16-17,25H,5-8,14-15H2,1-4H3. The average molecular weight is 369 g/mol. The predicted octanol–water partition coefficient (Wildman–Crippen LogP) is 6.08. The number of carbonyl (C=O) groups is 1. The van der Waals surface area contributed by atoms with Crippen LogP contribution in [-0.4, -0.2) is 17.7 Å². The molecule has 0 amide bonds. The van der Waals surface area contributed by atoms with Crippen molar-refractivity contribution in [1.82, 2.24) is 0 Å². The molecule has 1 saturated carbocycles. The van der Waals surface area contributed by atoms with Crippen molar-refractivity contribution in [3.05, 3.63) is 59.2 Å². The molecular formula is C24H32O3. The van der Waals surface area contributed by atoms with E-state index in [1.807, 2.05) is 37.3 Å². The number of carbonyl (C=O) groups excluding carboxylic acids is 1. The van der Waals surface area contributed by atoms with Crippen LogP contribution in [0.1, 0.15) is 70.9 Å². The molecule has 1 fully saturated rings. The summed E-state index contributed by atoms with van der Waals surface area (Å²) in [6.07, 6.45) is 13.4. The van der Waals surface area contributed by atoms with Gasteiger partial charge >= 0.3 is 5.97 Å². The fraction of sp³-hybridized carbons (Fsp3) is 0.458. The number of rotatable bonds is 6. The van der Waals surface area contributed by atoms with Crippen molar-refractivity contribution < 1.29 is 14.6 Å². The third-order valence-electron chi connectivity index (χ3n) is 5.40. The maximum absolute atomic E-state index is 11.5. The van der Waals surface area contributed by atoms with Gasteiger partial charge in [0, 0.05) is 11.6 Å². The molecule has 1 aliphatic carbocycles. The fourth-order valence-corrected chi connectivity index (χ4v) is 3.72. The van der Waals surface area contributed by atoms with Crippen LogP contribution in [0.25, 0.3) is 5.57 Å². The minimum absolute atomic E-state index is 0.0629. The number of benzene rings is 1. The Balaban J connectivity index is 2.17. The van der Waals surface area contributed by atoms with Crippen LogP contribution < -0.4 is 0 Å². The zero-order chi connectivity index (χ0) is 19.9. The summed E-state index contributed by atoms with van der Waals surface area (Å²) in [4.78, 5) is 11.5. The Morgan fingerprint density at radius 2 is 1.93 bits per heavy atom. The highest BCUT2D eigenvalue weighted by atomic mass is 16.5. The Morgan fingerprint density at radius 1 is 1.22 bits per heavy atom. The molecule has 1 aromatic rings. The largest absolute Gasteiger partial charge is 0.508 e. The summed E-state index contributed by atoms with van der Waals surface area (Å²) >= 11 is 0. The van der Waals surface area contributed by atoms with Gasteiger partial charge in [-0.1, -0.05) is 50.5 Å². The molecule has 1 aromatic carbocycles. The summed E-state index contributed by atoms with van der Waals surface area (Å²) in [6, 6.07) is 5.92. The molecular weight excluding hydrogens is 336 g/mol. The number of esters is 1. The second-order valence-corrected chi connectivity index (χ2v) is 7.70. The quantitative estimate of drug-likeness (QED) is 0.376. The molecule has 0 aromatic heterocycles. The molecule has 1 N–H and O–H groups in total. The first-order valence-electron chi connectivity index (χ1n) is 9.89. The van der Waals surface area contributed by atoms with E-state index in [4.69, 9.17) is 4.74 Å². The predicted molar refractivity (Wildman–Crippen MR) is 112 cm³/mol. The Bertz CT molecular complexity index is 747. The van der Waals surface area contributed by atoms with Crippen molar-refractivity contribution in [2.24, 2.45) is 0 Å². The highest BCUT2D eigenvalue weighted by molar-refractivity contribution is 5.83. The number of hydrogen-bond donors (Lipinski definition) is 1. The molecule has 0 radical (unpaired) electrons. The van der Waals surface area contributed by atoms with Crippen LogP contribution in [0.5, 0.6) is 5.75 Å². The van der Waals surface area contributed by atoms with Gasteiger partial charge < -0.3 is 9.84 Å². The zero-order valence-electron chi connectivity index (χ0n) is 17.0. The van der Waals surface area contributed by atoms with Crippen molar-refractivity contribution in [2.45, 2.75) is 65.2 Å². The van der Waals surface area contributed by atoms with Gasteiger partial charge in [-0.25, -0.2) is 4.79 Å². The normalized spacial score (nSPS) is 17.9. The first-order chi connectivity index (χ1) is 12.9. The summed E-state index contributed by atoms with van der Waals surface area (Å²) < 4.78 is 4.91. The van der Waals surface area contributed by atoms with E-state index < -0.39 is 0 Å². The second kappa shape index (κ2) is 9.59. The minimum atomic E-state index is -0.316. The third-order valence-corrected chi connectivity index (χ3v) is 5.40. The molecule has 3 heteroatoms. The third kappa shape index (κ3) is 5.85. The Morgan fingerprint density at radius 3 is 2.59 bits per heavy atom. The van der Waals surface area contributed by atoms with E-state index in [-0.39, 0.29) is 11.4 Å². The lowest BCUT2D eigenvalue weighted by Gasteiger charge is -2.35. The number of phenols is 1. The van der Waals surface area contributed by atoms with Crippen molar-refractivity contribution in [3.63, 3.8) is 0 Å². The maximum Gasteiger partial charge on any atom is 0.330 e. The van der Waals surface area contributed by atoms with Gasteiger partial charge in [0.15, 0.2) is 0 Å². The highest BCUT2D eigenvalue weighted by Gasteiger charge is 2.31. The molecule has 0 atom stereocenters. The number of phenolic OH excluding ortho intramolecular Hbond substituents is 1. The maximum atomic E-state index is 11.5. The van der Waals surface area contributed by atoms with E-state index in [0.29, 0.717) is 12.4 Å². The number of aromatic hydroxyl groups is 1. The lowest BCUT2D eigenvalue weighted by Crippen LogP contribution is -2.25. The van der Waals surface area contributed by atoms with E-state index in [2.05, 4.69) is 19.9 Å². The van der Waals surface area contributed by atoms with Gasteiger partial charge in [0.05, 0.1) is 6.61 Å². The van der Waals surface area contributed by atoms with E-state index in [1.165, 1.54) is 25.3 Å². The van der Waals surface area contributed by atoms with E-state index in [1.54, 1.807) is 6.92 Å². The van der Waals surface area contributed by atoms with Gasteiger partial charge in [0.2, 0.25) is 0 Å². The zero-order valence-corrected chi connectivity index (χ0v) is 17.0. The molecule has 0 aliphatic heterocycles. The summed E-state index contributed by atoms with van der Waals surface area (Å²) in [7, 11) is 0. The van der Waals surface area contributed by atoms with Gasteiger partial charge in [-0.3, -0.25) is 0 Å². The summed E-state index contributed by atoms with van der Waals surface area (Å²) in [5.74, 6) is 0.0870. The first kappa shape index (κ1) is 21.0. The van der Waals surface area contributed by atoms with Crippen LogP contribution in [0.4, 0.5) is 0 Å². The van der Waals surface area contributed by atoms with Crippen LogP contribution in [0.2, 0.25) is 0 Å². The molecule has 0 heterocycles. The molecule has 2 rings (SSSR count). The monoisotopic (exact) mass is 368 g/mol. The van der Waals surface area contributed by atoms with Crippen molar-refractivity contribution >= 4 is 11.5 Å².